The van der Waals surface area contributed by atoms with Crippen molar-refractivity contribution < 1.29 is 14.1 Å². The van der Waals surface area contributed by atoms with E-state index in [0.717, 1.165) is 74.1 Å². The summed E-state index contributed by atoms with van der Waals surface area (Å²) in [6.45, 7) is 3.06. The van der Waals surface area contributed by atoms with Gasteiger partial charge in [-0.1, -0.05) is 17.6 Å². The fraction of sp³-hybridized carbons (Fsp3) is 0.565. The number of amides is 1. The van der Waals surface area contributed by atoms with Crippen LogP contribution in [0.25, 0.3) is 22.4 Å². The maximum Gasteiger partial charge on any atom is 0.258 e. The predicted molar refractivity (Wildman–Crippen MR) is 113 cm³/mol. The van der Waals surface area contributed by atoms with E-state index in [1.165, 1.54) is 6.42 Å². The molecule has 6 rings (SSSR count). The number of carbonyl (C=O) groups excluding carboxylic acids is 1. The number of aromatic nitrogens is 4. The van der Waals surface area contributed by atoms with Gasteiger partial charge in [0.25, 0.3) is 5.89 Å². The van der Waals surface area contributed by atoms with Gasteiger partial charge in [0.15, 0.2) is 5.82 Å². The molecule has 3 fully saturated rings. The number of ether oxygens (including phenoxy) is 1. The van der Waals surface area contributed by atoms with Gasteiger partial charge in [-0.15, -0.1) is 0 Å². The number of hydrogen-bond acceptors (Lipinski definition) is 6. The summed E-state index contributed by atoms with van der Waals surface area (Å²) in [5.41, 5.74) is 1.97. The lowest BCUT2D eigenvalue weighted by atomic mass is 9.83. The fourth-order valence-electron chi connectivity index (χ4n) is 4.97. The molecule has 1 aliphatic carbocycles. The highest BCUT2D eigenvalue weighted by molar-refractivity contribution is 5.83. The molecule has 4 heterocycles. The monoisotopic (exact) mass is 421 g/mol. The third-order valence-electron chi connectivity index (χ3n) is 7.16. The number of piperidine rings is 1. The van der Waals surface area contributed by atoms with Crippen molar-refractivity contribution in [2.45, 2.75) is 50.5 Å². The Bertz CT molecular complexity index is 1090. The number of rotatable bonds is 4. The zero-order valence-corrected chi connectivity index (χ0v) is 17.6. The lowest BCUT2D eigenvalue weighted by Crippen LogP contribution is -2.43. The maximum atomic E-state index is 12.5. The zero-order chi connectivity index (χ0) is 20.8. The molecule has 0 bridgehead atoms. The van der Waals surface area contributed by atoms with Crippen LogP contribution in [0.3, 0.4) is 0 Å². The minimum absolute atomic E-state index is 0.243. The molecule has 2 aromatic heterocycles. The number of fused-ring (bicyclic) bond motifs is 1. The normalized spacial score (nSPS) is 22.8. The average molecular weight is 422 g/mol. The number of carbonyl (C=O) groups is 1. The minimum atomic E-state index is 0.243. The van der Waals surface area contributed by atoms with Gasteiger partial charge in [0.1, 0.15) is 0 Å². The Morgan fingerprint density at radius 3 is 2.71 bits per heavy atom. The second-order valence-corrected chi connectivity index (χ2v) is 9.07. The van der Waals surface area contributed by atoms with Crippen LogP contribution in [-0.4, -0.2) is 57.0 Å². The molecule has 3 aliphatic rings. The fourth-order valence-corrected chi connectivity index (χ4v) is 4.97. The van der Waals surface area contributed by atoms with Crippen LogP contribution in [0.5, 0.6) is 0 Å². The first-order valence-electron chi connectivity index (χ1n) is 11.4. The first-order chi connectivity index (χ1) is 15.3. The minimum Gasteiger partial charge on any atom is -0.379 e. The van der Waals surface area contributed by atoms with Crippen LogP contribution in [0, 0.1) is 5.92 Å². The summed E-state index contributed by atoms with van der Waals surface area (Å²) in [6.07, 6.45) is 7.98. The summed E-state index contributed by atoms with van der Waals surface area (Å²) in [7, 11) is 0. The summed E-state index contributed by atoms with van der Waals surface area (Å²) in [4.78, 5) is 19.2. The summed E-state index contributed by atoms with van der Waals surface area (Å²) in [5, 5.41) is 9.95. The molecule has 1 atom stereocenters. The van der Waals surface area contributed by atoms with Gasteiger partial charge in [-0.05, 0) is 44.2 Å². The molecule has 1 saturated carbocycles. The van der Waals surface area contributed by atoms with Gasteiger partial charge in [0.05, 0.1) is 24.4 Å². The molecule has 162 valence electrons. The zero-order valence-electron chi connectivity index (χ0n) is 17.6. The Hall–Kier alpha value is -2.74. The lowest BCUT2D eigenvalue weighted by molar-refractivity contribution is -0.139. The van der Waals surface area contributed by atoms with Crippen LogP contribution in [0.1, 0.15) is 56.3 Å². The van der Waals surface area contributed by atoms with E-state index >= 15 is 0 Å². The van der Waals surface area contributed by atoms with Crippen molar-refractivity contribution in [2.24, 2.45) is 5.92 Å². The van der Waals surface area contributed by atoms with E-state index in [1.54, 1.807) is 0 Å². The van der Waals surface area contributed by atoms with E-state index in [-0.39, 0.29) is 17.9 Å². The third-order valence-corrected chi connectivity index (χ3v) is 7.16. The Labute approximate surface area is 180 Å². The van der Waals surface area contributed by atoms with Crippen LogP contribution in [0.4, 0.5) is 0 Å². The van der Waals surface area contributed by atoms with E-state index in [2.05, 4.69) is 27.1 Å². The molecule has 0 unspecified atom stereocenters. The van der Waals surface area contributed by atoms with Gasteiger partial charge in [0, 0.05) is 42.5 Å². The second-order valence-electron chi connectivity index (χ2n) is 9.07. The third kappa shape index (κ3) is 3.43. The molecule has 1 aromatic carbocycles. The van der Waals surface area contributed by atoms with Crippen LogP contribution < -0.4 is 0 Å². The Balaban J connectivity index is 1.18. The first-order valence-corrected chi connectivity index (χ1v) is 11.4. The molecular formula is C23H27N5O3. The van der Waals surface area contributed by atoms with Gasteiger partial charge < -0.3 is 14.2 Å². The van der Waals surface area contributed by atoms with Crippen LogP contribution in [-0.2, 0) is 9.53 Å². The molecule has 0 radical (unpaired) electrons. The molecule has 3 aromatic rings. The molecule has 8 heteroatoms. The largest absolute Gasteiger partial charge is 0.379 e. The van der Waals surface area contributed by atoms with Gasteiger partial charge in [-0.3, -0.25) is 9.48 Å². The van der Waals surface area contributed by atoms with Crippen molar-refractivity contribution in [2.75, 3.05) is 26.3 Å². The second kappa shape index (κ2) is 7.75. The topological polar surface area (TPSA) is 86.3 Å². The van der Waals surface area contributed by atoms with Gasteiger partial charge in [-0.2, -0.15) is 10.1 Å². The highest BCUT2D eigenvalue weighted by Gasteiger charge is 2.33. The summed E-state index contributed by atoms with van der Waals surface area (Å²) >= 11 is 0. The van der Waals surface area contributed by atoms with E-state index in [9.17, 15) is 4.79 Å². The molecule has 2 aliphatic heterocycles. The molecule has 0 N–H and O–H groups in total. The van der Waals surface area contributed by atoms with Crippen LogP contribution >= 0.6 is 0 Å². The van der Waals surface area contributed by atoms with Crippen molar-refractivity contribution in [3.63, 3.8) is 0 Å². The average Bonchev–Trinajstić information content (AvgIpc) is 3.52. The number of likely N-dealkylation sites (tertiary alicyclic amines) is 1. The number of benzene rings is 1. The van der Waals surface area contributed by atoms with Gasteiger partial charge >= 0.3 is 0 Å². The quantitative estimate of drug-likeness (QED) is 0.640. The highest BCUT2D eigenvalue weighted by Crippen LogP contribution is 2.33. The standard InChI is InChI=1S/C23H27N5O3/c29-23(16-2-1-3-16)27-9-6-15(7-10-27)21-25-22(31-26-21)17-4-5-18-13-24-28(20(18)12-17)19-8-11-30-14-19/h4-5,12-13,15-16,19H,1-3,6-11,14H2/t19-/m1/s1. The molecule has 8 nitrogen and oxygen atoms in total. The summed E-state index contributed by atoms with van der Waals surface area (Å²) in [6, 6.07) is 6.42. The lowest BCUT2D eigenvalue weighted by Gasteiger charge is -2.35. The SMILES string of the molecule is O=C(C1CCC1)N1CCC(c2noc(-c3ccc4cnn([C@@H]5CCOC5)c4c3)n2)CC1. The summed E-state index contributed by atoms with van der Waals surface area (Å²) < 4.78 is 13.2. The maximum absolute atomic E-state index is 12.5. The van der Waals surface area contributed by atoms with Crippen molar-refractivity contribution in [1.82, 2.24) is 24.8 Å². The molecule has 31 heavy (non-hydrogen) atoms. The van der Waals surface area contributed by atoms with Gasteiger partial charge in [-0.25, -0.2) is 0 Å². The predicted octanol–water partition coefficient (Wildman–Crippen LogP) is 3.55. The smallest absolute Gasteiger partial charge is 0.258 e. The van der Waals surface area contributed by atoms with Crippen molar-refractivity contribution in [3.05, 3.63) is 30.2 Å². The van der Waals surface area contributed by atoms with E-state index in [0.29, 0.717) is 18.4 Å². The van der Waals surface area contributed by atoms with E-state index in [1.807, 2.05) is 17.2 Å². The van der Waals surface area contributed by atoms with E-state index in [4.69, 9.17) is 14.2 Å². The van der Waals surface area contributed by atoms with Crippen molar-refractivity contribution >= 4 is 16.8 Å². The number of nitrogens with zero attached hydrogens (tertiary/aromatic N) is 5. The van der Waals surface area contributed by atoms with Crippen LogP contribution in [0.15, 0.2) is 28.9 Å². The highest BCUT2D eigenvalue weighted by atomic mass is 16.5. The Morgan fingerprint density at radius 2 is 1.97 bits per heavy atom. The van der Waals surface area contributed by atoms with Gasteiger partial charge in [0.2, 0.25) is 5.91 Å². The Kier molecular flexibility index (Phi) is 4.74. The van der Waals surface area contributed by atoms with Crippen molar-refractivity contribution in [1.29, 1.82) is 0 Å². The summed E-state index contributed by atoms with van der Waals surface area (Å²) in [5.74, 6) is 2.15. The van der Waals surface area contributed by atoms with Crippen LogP contribution in [0.2, 0.25) is 0 Å². The first kappa shape index (κ1) is 19.0. The Morgan fingerprint density at radius 1 is 1.10 bits per heavy atom. The van der Waals surface area contributed by atoms with Crippen molar-refractivity contribution in [3.8, 4) is 11.5 Å². The molecule has 1 amide bonds. The molecule has 0 spiro atoms. The van der Waals surface area contributed by atoms with E-state index < -0.39 is 0 Å². The molecule has 2 saturated heterocycles. The molecular weight excluding hydrogens is 394 g/mol. The number of hydrogen-bond donors (Lipinski definition) is 0.